The summed E-state index contributed by atoms with van der Waals surface area (Å²) < 4.78 is 27.4. The van der Waals surface area contributed by atoms with Crippen LogP contribution in [0.1, 0.15) is 0 Å². The molecule has 8 heteroatoms. The second-order valence-electron chi connectivity index (χ2n) is 4.18. The zero-order valence-corrected chi connectivity index (χ0v) is 10.8. The topological polar surface area (TPSA) is 110 Å². The summed E-state index contributed by atoms with van der Waals surface area (Å²) in [7, 11) is -3.71. The van der Waals surface area contributed by atoms with Crippen LogP contribution < -0.4 is 10.0 Å². The summed E-state index contributed by atoms with van der Waals surface area (Å²) in [5.74, 6) is -1.01. The first-order valence-electron chi connectivity index (χ1n) is 5.60. The first kappa shape index (κ1) is 13.8. The largest absolute Gasteiger partial charge is 0.479 e. The highest BCUT2D eigenvalue weighted by atomic mass is 32.2. The van der Waals surface area contributed by atoms with Crippen molar-refractivity contribution in [3.05, 3.63) is 24.3 Å². The third-order valence-corrected chi connectivity index (χ3v) is 3.80. The number of anilines is 1. The summed E-state index contributed by atoms with van der Waals surface area (Å²) >= 11 is 0. The Morgan fingerprint density at radius 3 is 2.53 bits per heavy atom. The zero-order chi connectivity index (χ0) is 14.0. The summed E-state index contributed by atoms with van der Waals surface area (Å²) in [6, 6.07) is 6.00. The van der Waals surface area contributed by atoms with Gasteiger partial charge in [0.2, 0.25) is 10.0 Å². The van der Waals surface area contributed by atoms with Crippen LogP contribution in [0, 0.1) is 0 Å². The Balaban J connectivity index is 2.16. The van der Waals surface area contributed by atoms with Gasteiger partial charge in [0.1, 0.15) is 0 Å². The lowest BCUT2D eigenvalue weighted by molar-refractivity contribution is -0.150. The number of rotatable bonds is 3. The maximum Gasteiger partial charge on any atom is 0.334 e. The van der Waals surface area contributed by atoms with E-state index < -0.39 is 22.1 Å². The minimum absolute atomic E-state index is 0.0271. The number of ether oxygens (including phenoxy) is 1. The smallest absolute Gasteiger partial charge is 0.334 e. The molecule has 0 radical (unpaired) electrons. The van der Waals surface area contributed by atoms with Crippen molar-refractivity contribution >= 4 is 21.7 Å². The molecule has 104 valence electrons. The molecule has 1 unspecified atom stereocenters. The van der Waals surface area contributed by atoms with Crippen LogP contribution >= 0.6 is 0 Å². The van der Waals surface area contributed by atoms with Gasteiger partial charge in [-0.3, -0.25) is 0 Å². The highest BCUT2D eigenvalue weighted by Crippen LogP contribution is 2.20. The Kier molecular flexibility index (Phi) is 3.74. The number of carbonyl (C=O) groups is 1. The minimum Gasteiger partial charge on any atom is -0.479 e. The number of aliphatic carboxylic acids is 1. The molecular formula is C11H14N2O5S. The number of benzene rings is 1. The van der Waals surface area contributed by atoms with Crippen LogP contribution in [0.4, 0.5) is 5.69 Å². The van der Waals surface area contributed by atoms with Crippen LogP contribution in [-0.4, -0.2) is 45.3 Å². The van der Waals surface area contributed by atoms with Crippen molar-refractivity contribution in [2.24, 2.45) is 5.14 Å². The van der Waals surface area contributed by atoms with E-state index in [1.54, 1.807) is 12.1 Å². The predicted octanol–water partition coefficient (Wildman–Crippen LogP) is -0.376. The molecule has 1 aliphatic rings. The van der Waals surface area contributed by atoms with Crippen LogP contribution in [0.2, 0.25) is 0 Å². The third-order valence-electron chi connectivity index (χ3n) is 2.87. The van der Waals surface area contributed by atoms with Gasteiger partial charge in [-0.25, -0.2) is 18.4 Å². The molecule has 1 aromatic rings. The highest BCUT2D eigenvalue weighted by molar-refractivity contribution is 7.89. The van der Waals surface area contributed by atoms with Gasteiger partial charge in [-0.1, -0.05) is 0 Å². The fourth-order valence-electron chi connectivity index (χ4n) is 1.88. The average Bonchev–Trinajstić information content (AvgIpc) is 2.38. The minimum atomic E-state index is -3.71. The number of nitrogens with two attached hydrogens (primary N) is 1. The van der Waals surface area contributed by atoms with E-state index >= 15 is 0 Å². The third kappa shape index (κ3) is 3.22. The van der Waals surface area contributed by atoms with Gasteiger partial charge in [0, 0.05) is 12.2 Å². The van der Waals surface area contributed by atoms with Crippen molar-refractivity contribution in [3.63, 3.8) is 0 Å². The van der Waals surface area contributed by atoms with E-state index in [4.69, 9.17) is 15.0 Å². The number of carboxylic acids is 1. The predicted molar refractivity (Wildman–Crippen MR) is 67.4 cm³/mol. The molecule has 0 spiro atoms. The maximum atomic E-state index is 11.1. The van der Waals surface area contributed by atoms with Gasteiger partial charge in [-0.2, -0.15) is 0 Å². The molecule has 0 amide bonds. The molecule has 1 fully saturated rings. The molecule has 0 saturated carbocycles. The zero-order valence-electron chi connectivity index (χ0n) is 10.0. The number of hydrogen-bond acceptors (Lipinski definition) is 5. The maximum absolute atomic E-state index is 11.1. The molecule has 19 heavy (non-hydrogen) atoms. The molecule has 1 atom stereocenters. The van der Waals surface area contributed by atoms with E-state index in [1.165, 1.54) is 12.1 Å². The Morgan fingerprint density at radius 2 is 2.00 bits per heavy atom. The van der Waals surface area contributed by atoms with Crippen LogP contribution in [0.25, 0.3) is 0 Å². The number of sulfonamides is 1. The summed E-state index contributed by atoms with van der Waals surface area (Å²) in [6.45, 7) is 1.09. The van der Waals surface area contributed by atoms with Crippen molar-refractivity contribution in [1.82, 2.24) is 0 Å². The lowest BCUT2D eigenvalue weighted by Crippen LogP contribution is -2.46. The Hall–Kier alpha value is -1.64. The molecule has 1 aliphatic heterocycles. The monoisotopic (exact) mass is 286 g/mol. The van der Waals surface area contributed by atoms with Gasteiger partial charge in [-0.05, 0) is 24.3 Å². The number of primary sulfonamides is 1. The summed E-state index contributed by atoms with van der Waals surface area (Å²) in [5, 5.41) is 13.9. The lowest BCUT2D eigenvalue weighted by atomic mass is 10.2. The molecule has 0 aromatic heterocycles. The van der Waals surface area contributed by atoms with Gasteiger partial charge >= 0.3 is 5.97 Å². The highest BCUT2D eigenvalue weighted by Gasteiger charge is 2.26. The van der Waals surface area contributed by atoms with Crippen LogP contribution in [-0.2, 0) is 19.6 Å². The standard InChI is InChI=1S/C11H14N2O5S/c12-19(16,17)9-3-1-8(2-4-9)13-5-6-18-10(7-13)11(14)15/h1-4,10H,5-7H2,(H,14,15)(H2,12,16,17). The summed E-state index contributed by atoms with van der Waals surface area (Å²) in [4.78, 5) is 12.7. The van der Waals surface area contributed by atoms with Gasteiger partial charge in [0.15, 0.2) is 6.10 Å². The van der Waals surface area contributed by atoms with Crippen molar-refractivity contribution in [2.45, 2.75) is 11.0 Å². The van der Waals surface area contributed by atoms with E-state index in [2.05, 4.69) is 0 Å². The molecule has 2 rings (SSSR count). The molecular weight excluding hydrogens is 272 g/mol. The molecule has 3 N–H and O–H groups in total. The first-order valence-corrected chi connectivity index (χ1v) is 7.15. The van der Waals surface area contributed by atoms with Crippen LogP contribution in [0.15, 0.2) is 29.2 Å². The summed E-state index contributed by atoms with van der Waals surface area (Å²) in [5.41, 5.74) is 0.738. The van der Waals surface area contributed by atoms with Crippen molar-refractivity contribution in [3.8, 4) is 0 Å². The molecule has 1 saturated heterocycles. The normalized spacial score (nSPS) is 20.3. The van der Waals surface area contributed by atoms with Gasteiger partial charge in [0.25, 0.3) is 0 Å². The van der Waals surface area contributed by atoms with E-state index in [0.29, 0.717) is 13.2 Å². The number of nitrogens with zero attached hydrogens (tertiary/aromatic N) is 1. The van der Waals surface area contributed by atoms with E-state index in [9.17, 15) is 13.2 Å². The fourth-order valence-corrected chi connectivity index (χ4v) is 2.40. The number of carboxylic acid groups (broad SMARTS) is 1. The second-order valence-corrected chi connectivity index (χ2v) is 5.74. The van der Waals surface area contributed by atoms with Gasteiger partial charge in [0.05, 0.1) is 18.0 Å². The lowest BCUT2D eigenvalue weighted by Gasteiger charge is -2.32. The van der Waals surface area contributed by atoms with E-state index in [-0.39, 0.29) is 11.4 Å². The molecule has 0 bridgehead atoms. The SMILES string of the molecule is NS(=O)(=O)c1ccc(N2CCOC(C(=O)O)C2)cc1. The fraction of sp³-hybridized carbons (Fsp3) is 0.364. The Labute approximate surface area is 110 Å². The molecule has 1 aromatic carbocycles. The number of hydrogen-bond donors (Lipinski definition) is 2. The van der Waals surface area contributed by atoms with Crippen molar-refractivity contribution in [2.75, 3.05) is 24.6 Å². The van der Waals surface area contributed by atoms with Gasteiger partial charge < -0.3 is 14.7 Å². The number of morpholine rings is 1. The quantitative estimate of drug-likeness (QED) is 0.784. The first-order chi connectivity index (χ1) is 8.88. The Bertz CT molecular complexity index is 569. The van der Waals surface area contributed by atoms with Crippen LogP contribution in [0.3, 0.4) is 0 Å². The molecule has 0 aliphatic carbocycles. The average molecular weight is 286 g/mol. The van der Waals surface area contributed by atoms with E-state index in [1.807, 2.05) is 4.90 Å². The Morgan fingerprint density at radius 1 is 1.37 bits per heavy atom. The molecule has 1 heterocycles. The second kappa shape index (κ2) is 5.16. The van der Waals surface area contributed by atoms with Crippen molar-refractivity contribution in [1.29, 1.82) is 0 Å². The molecule has 7 nitrogen and oxygen atoms in total. The summed E-state index contributed by atoms with van der Waals surface area (Å²) in [6.07, 6.45) is -0.869. The van der Waals surface area contributed by atoms with Crippen LogP contribution in [0.5, 0.6) is 0 Å². The van der Waals surface area contributed by atoms with Crippen molar-refractivity contribution < 1.29 is 23.1 Å². The van der Waals surface area contributed by atoms with E-state index in [0.717, 1.165) is 5.69 Å². The van der Waals surface area contributed by atoms with Gasteiger partial charge in [-0.15, -0.1) is 0 Å².